The van der Waals surface area contributed by atoms with E-state index in [1.807, 2.05) is 42.6 Å². The molecule has 0 fully saturated rings. The Balaban J connectivity index is 0.000000217. The fourth-order valence-electron chi connectivity index (χ4n) is 6.81. The molecule has 7 rings (SSSR count). The summed E-state index contributed by atoms with van der Waals surface area (Å²) in [5.41, 5.74) is 13.1. The van der Waals surface area contributed by atoms with Gasteiger partial charge < -0.3 is 9.40 Å². The van der Waals surface area contributed by atoms with E-state index < -0.39 is 13.3 Å². The largest absolute Gasteiger partial charge is 0.486 e. The molecule has 0 bridgehead atoms. The maximum absolute atomic E-state index is 6.29. The van der Waals surface area contributed by atoms with Gasteiger partial charge in [0.2, 0.25) is 5.71 Å². The molecule has 4 nitrogen and oxygen atoms in total. The van der Waals surface area contributed by atoms with Crippen LogP contribution in [0.15, 0.2) is 102 Å². The summed E-state index contributed by atoms with van der Waals surface area (Å²) in [5.74, 6) is 7.34. The molecule has 1 radical (unpaired) electrons. The van der Waals surface area contributed by atoms with Crippen molar-refractivity contribution in [2.24, 2.45) is 10.8 Å². The van der Waals surface area contributed by atoms with Crippen LogP contribution < -0.4 is 4.40 Å². The topological polar surface area (TPSA) is 51.8 Å². The van der Waals surface area contributed by atoms with Gasteiger partial charge in [0.1, 0.15) is 0 Å². The van der Waals surface area contributed by atoms with Gasteiger partial charge in [-0.25, -0.2) is 4.98 Å². The molecule has 4 aromatic heterocycles. The molecule has 0 atom stereocenters. The molecule has 7 aromatic rings. The molecular weight excluding hydrogens is 899 g/mol. The van der Waals surface area contributed by atoms with Gasteiger partial charge in [-0.05, 0) is 42.1 Å². The maximum Gasteiger partial charge on any atom is 0.216 e. The van der Waals surface area contributed by atoms with E-state index in [4.69, 9.17) is 19.4 Å². The average molecular weight is 953 g/mol. The van der Waals surface area contributed by atoms with E-state index in [9.17, 15) is 0 Å². The van der Waals surface area contributed by atoms with Crippen molar-refractivity contribution in [3.8, 4) is 33.8 Å². The molecule has 4 heterocycles. The summed E-state index contributed by atoms with van der Waals surface area (Å²) in [5, 5.41) is 2.04. The van der Waals surface area contributed by atoms with E-state index in [0.717, 1.165) is 63.0 Å². The molecule has 0 spiro atoms. The van der Waals surface area contributed by atoms with Crippen molar-refractivity contribution in [1.29, 1.82) is 0 Å². The monoisotopic (exact) mass is 954 g/mol. The summed E-state index contributed by atoms with van der Waals surface area (Å²) in [6.07, 6.45) is 6.20. The van der Waals surface area contributed by atoms with Crippen LogP contribution in [0.5, 0.6) is 0 Å². The Morgan fingerprint density at radius 3 is 1.98 bits per heavy atom. The quantitative estimate of drug-likeness (QED) is 0.123. The SMILES string of the molecule is Cc1cc[c-]c(-c2cc(CC(C)(C)C)[c]([Ge]([CH3])([CH3])[CH3])cn2)c1.Cc1cnc(-c2[c-]ccc3c2oc2nc(-c4ccccc4)ccc23)cc1CC(C)(C)C.[Ir]. The molecule has 0 aliphatic carbocycles. The van der Waals surface area contributed by atoms with Crippen LogP contribution in [-0.4, -0.2) is 28.2 Å². The average Bonchev–Trinajstić information content (AvgIpc) is 3.46. The van der Waals surface area contributed by atoms with E-state index in [1.54, 1.807) is 0 Å². The van der Waals surface area contributed by atoms with Crippen LogP contribution in [0.1, 0.15) is 63.8 Å². The van der Waals surface area contributed by atoms with Gasteiger partial charge in [-0.15, -0.1) is 18.2 Å². The number of rotatable bonds is 6. The van der Waals surface area contributed by atoms with Crippen molar-refractivity contribution in [1.82, 2.24) is 15.0 Å². The molecule has 6 heteroatoms. The van der Waals surface area contributed by atoms with Gasteiger partial charge in [0.05, 0.1) is 11.3 Å². The third kappa shape index (κ3) is 10.0. The van der Waals surface area contributed by atoms with Crippen LogP contribution >= 0.6 is 0 Å². The van der Waals surface area contributed by atoms with E-state index >= 15 is 0 Å². The summed E-state index contributed by atoms with van der Waals surface area (Å²) in [7, 11) is 0. The Labute approximate surface area is 339 Å². The van der Waals surface area contributed by atoms with Crippen molar-refractivity contribution in [2.45, 2.75) is 85.5 Å². The molecule has 0 aliphatic rings. The number of nitrogens with zero attached hydrogens (tertiary/aromatic N) is 3. The number of furan rings is 1. The number of benzene rings is 3. The van der Waals surface area contributed by atoms with E-state index in [0.29, 0.717) is 5.71 Å². The first kappa shape index (κ1) is 41.3. The Hall–Kier alpha value is -3.90. The standard InChI is InChI=1S/C28H25N2O.C20H28GeN.Ir/c1-18-17-29-25(15-20(18)16-28(2,3)4)23-12-8-11-21-22-13-14-24(19-9-6-5-7-10-19)30-27(22)31-26(21)23;1-15-9-8-10-16(11-15)19-12-17(13-20(2,3)4)18(14-22-19)21(5,6)7;/h5-11,13-15,17H,16H2,1-4H3;8-9,11-12,14H,13H2,1-7H3;/q2*-1;. The smallest absolute Gasteiger partial charge is 0.216 e. The van der Waals surface area contributed by atoms with Crippen molar-refractivity contribution < 1.29 is 24.5 Å². The van der Waals surface area contributed by atoms with Gasteiger partial charge in [-0.2, -0.15) is 0 Å². The molecular formula is C48H53GeIrN3O-2. The van der Waals surface area contributed by atoms with Gasteiger partial charge in [0.15, 0.2) is 0 Å². The number of aryl methyl sites for hydroxylation is 2. The summed E-state index contributed by atoms with van der Waals surface area (Å²) >= 11 is -1.91. The van der Waals surface area contributed by atoms with Crippen molar-refractivity contribution >= 4 is 39.7 Å². The summed E-state index contributed by atoms with van der Waals surface area (Å²) in [6.45, 7) is 17.9. The zero-order chi connectivity index (χ0) is 38.1. The third-order valence-corrected chi connectivity index (χ3v) is 13.6. The molecule has 0 aliphatic heterocycles. The van der Waals surface area contributed by atoms with Gasteiger partial charge >= 0.3 is 138 Å². The molecule has 0 saturated carbocycles. The second-order valence-corrected chi connectivity index (χ2v) is 28.4. The number of hydrogen-bond acceptors (Lipinski definition) is 4. The van der Waals surface area contributed by atoms with Crippen LogP contribution in [-0.2, 0) is 32.9 Å². The molecule has 0 unspecified atom stereocenters. The first-order valence-electron chi connectivity index (χ1n) is 18.7. The van der Waals surface area contributed by atoms with Crippen molar-refractivity contribution in [3.05, 3.63) is 132 Å². The number of fused-ring (bicyclic) bond motifs is 3. The number of pyridine rings is 3. The summed E-state index contributed by atoms with van der Waals surface area (Å²) < 4.78 is 7.82. The van der Waals surface area contributed by atoms with Gasteiger partial charge in [-0.1, -0.05) is 73.7 Å². The minimum atomic E-state index is -1.91. The third-order valence-electron chi connectivity index (χ3n) is 9.31. The Bertz CT molecular complexity index is 2380. The van der Waals surface area contributed by atoms with E-state index in [1.165, 1.54) is 26.6 Å². The van der Waals surface area contributed by atoms with E-state index in [2.05, 4.69) is 140 Å². The second kappa shape index (κ2) is 16.5. The minimum absolute atomic E-state index is 0. The number of aromatic nitrogens is 3. The molecule has 3 aromatic carbocycles. The van der Waals surface area contributed by atoms with Crippen molar-refractivity contribution in [3.63, 3.8) is 0 Å². The van der Waals surface area contributed by atoms with Gasteiger partial charge in [0.25, 0.3) is 0 Å². The molecule has 0 saturated heterocycles. The van der Waals surface area contributed by atoms with E-state index in [-0.39, 0.29) is 30.9 Å². The van der Waals surface area contributed by atoms with Crippen LogP contribution in [0, 0.1) is 36.8 Å². The predicted octanol–water partition coefficient (Wildman–Crippen LogP) is 12.4. The Morgan fingerprint density at radius 1 is 0.667 bits per heavy atom. The first-order chi connectivity index (χ1) is 24.9. The van der Waals surface area contributed by atoms with Crippen LogP contribution in [0.25, 0.3) is 55.8 Å². The molecule has 0 amide bonds. The van der Waals surface area contributed by atoms with Crippen LogP contribution in [0.4, 0.5) is 0 Å². The predicted molar refractivity (Wildman–Crippen MR) is 226 cm³/mol. The second-order valence-electron chi connectivity index (χ2n) is 17.8. The fourth-order valence-corrected chi connectivity index (χ4v) is 10.1. The molecule has 0 N–H and O–H groups in total. The first-order valence-corrected chi connectivity index (χ1v) is 26.0. The minimum Gasteiger partial charge on any atom is -0.486 e. The molecule has 54 heavy (non-hydrogen) atoms. The molecule has 281 valence electrons. The fraction of sp³-hybridized carbons (Fsp3) is 0.312. The zero-order valence-corrected chi connectivity index (χ0v) is 38.2. The Kier molecular flexibility index (Phi) is 12.6. The summed E-state index contributed by atoms with van der Waals surface area (Å²) in [6, 6.07) is 35.7. The summed E-state index contributed by atoms with van der Waals surface area (Å²) in [4.78, 5) is 14.3. The van der Waals surface area contributed by atoms with Crippen LogP contribution in [0.2, 0.25) is 17.3 Å². The zero-order valence-electron chi connectivity index (χ0n) is 33.7. The maximum atomic E-state index is 6.29. The van der Waals surface area contributed by atoms with Crippen LogP contribution in [0.3, 0.4) is 0 Å². The van der Waals surface area contributed by atoms with Crippen molar-refractivity contribution in [2.75, 3.05) is 0 Å². The van der Waals surface area contributed by atoms with Gasteiger partial charge in [-0.3, -0.25) is 0 Å². The number of hydrogen-bond donors (Lipinski definition) is 0. The Morgan fingerprint density at radius 2 is 1.31 bits per heavy atom. The normalized spacial score (nSPS) is 12.0. The van der Waals surface area contributed by atoms with Gasteiger partial charge in [0, 0.05) is 37.3 Å².